The summed E-state index contributed by atoms with van der Waals surface area (Å²) in [5.74, 6) is 0.667. The Labute approximate surface area is 129 Å². The third-order valence-electron chi connectivity index (χ3n) is 4.21. The summed E-state index contributed by atoms with van der Waals surface area (Å²) in [5.41, 5.74) is 4.15. The van der Waals surface area contributed by atoms with Crippen molar-refractivity contribution in [3.63, 3.8) is 0 Å². The molecule has 2 unspecified atom stereocenters. The summed E-state index contributed by atoms with van der Waals surface area (Å²) in [5, 5.41) is 3.47. The second-order valence-corrected chi connectivity index (χ2v) is 5.94. The smallest absolute Gasteiger partial charge is 0.0343 e. The predicted octanol–water partition coefficient (Wildman–Crippen LogP) is 4.97. The SMILES string of the molecule is CCCC(C)C(NC)c1ccc(Cc2ccccc2)cc1. The second-order valence-electron chi connectivity index (χ2n) is 5.94. The monoisotopic (exact) mass is 281 g/mol. The van der Waals surface area contributed by atoms with Crippen LogP contribution >= 0.6 is 0 Å². The van der Waals surface area contributed by atoms with E-state index in [2.05, 4.69) is 80.8 Å². The first kappa shape index (κ1) is 15.8. The summed E-state index contributed by atoms with van der Waals surface area (Å²) in [6, 6.07) is 20.2. The summed E-state index contributed by atoms with van der Waals surface area (Å²) >= 11 is 0. The molecule has 21 heavy (non-hydrogen) atoms. The molecule has 0 amide bonds. The van der Waals surface area contributed by atoms with Gasteiger partial charge in [-0.2, -0.15) is 0 Å². The van der Waals surface area contributed by atoms with Crippen molar-refractivity contribution in [3.05, 3.63) is 71.3 Å². The maximum atomic E-state index is 3.47. The van der Waals surface area contributed by atoms with Gasteiger partial charge < -0.3 is 5.32 Å². The molecular weight excluding hydrogens is 254 g/mol. The van der Waals surface area contributed by atoms with Crippen LogP contribution < -0.4 is 5.32 Å². The molecule has 0 aliphatic heterocycles. The first-order chi connectivity index (χ1) is 10.2. The van der Waals surface area contributed by atoms with Crippen molar-refractivity contribution >= 4 is 0 Å². The summed E-state index contributed by atoms with van der Waals surface area (Å²) in [6.45, 7) is 4.59. The Morgan fingerprint density at radius 1 is 0.905 bits per heavy atom. The molecule has 0 aliphatic rings. The third kappa shape index (κ3) is 4.44. The molecular formula is C20H27N. The van der Waals surface area contributed by atoms with Crippen LogP contribution in [0.2, 0.25) is 0 Å². The van der Waals surface area contributed by atoms with Gasteiger partial charge in [-0.15, -0.1) is 0 Å². The Balaban J connectivity index is 2.07. The Hall–Kier alpha value is -1.60. The molecule has 0 bridgehead atoms. The summed E-state index contributed by atoms with van der Waals surface area (Å²) in [7, 11) is 2.06. The molecule has 0 radical (unpaired) electrons. The van der Waals surface area contributed by atoms with E-state index in [9.17, 15) is 0 Å². The van der Waals surface area contributed by atoms with Crippen LogP contribution in [0.4, 0.5) is 0 Å². The lowest BCUT2D eigenvalue weighted by Gasteiger charge is -2.24. The highest BCUT2D eigenvalue weighted by atomic mass is 14.9. The fraction of sp³-hybridized carbons (Fsp3) is 0.400. The van der Waals surface area contributed by atoms with Crippen LogP contribution in [-0.2, 0) is 6.42 Å². The minimum absolute atomic E-state index is 0.454. The molecule has 0 spiro atoms. The quantitative estimate of drug-likeness (QED) is 0.755. The second kappa shape index (κ2) is 7.99. The minimum atomic E-state index is 0.454. The highest BCUT2D eigenvalue weighted by Gasteiger charge is 2.16. The Bertz CT molecular complexity index is 515. The topological polar surface area (TPSA) is 12.0 Å². The molecule has 0 heterocycles. The van der Waals surface area contributed by atoms with Crippen LogP contribution in [0.1, 0.15) is 49.4 Å². The van der Waals surface area contributed by atoms with Gasteiger partial charge in [-0.05, 0) is 42.5 Å². The van der Waals surface area contributed by atoms with Gasteiger partial charge in [0, 0.05) is 6.04 Å². The summed E-state index contributed by atoms with van der Waals surface area (Å²) in [6.07, 6.45) is 3.51. The maximum absolute atomic E-state index is 3.47. The van der Waals surface area contributed by atoms with E-state index in [4.69, 9.17) is 0 Å². The molecule has 0 fully saturated rings. The van der Waals surface area contributed by atoms with Gasteiger partial charge in [0.05, 0.1) is 0 Å². The molecule has 2 aromatic rings. The van der Waals surface area contributed by atoms with Gasteiger partial charge in [0.15, 0.2) is 0 Å². The van der Waals surface area contributed by atoms with Crippen LogP contribution in [0, 0.1) is 5.92 Å². The van der Waals surface area contributed by atoms with Crippen molar-refractivity contribution in [2.75, 3.05) is 7.05 Å². The van der Waals surface area contributed by atoms with Crippen molar-refractivity contribution < 1.29 is 0 Å². The van der Waals surface area contributed by atoms with E-state index in [-0.39, 0.29) is 0 Å². The van der Waals surface area contributed by atoms with Crippen LogP contribution in [0.5, 0.6) is 0 Å². The van der Waals surface area contributed by atoms with Crippen molar-refractivity contribution in [3.8, 4) is 0 Å². The Morgan fingerprint density at radius 2 is 1.52 bits per heavy atom. The summed E-state index contributed by atoms with van der Waals surface area (Å²) in [4.78, 5) is 0. The highest BCUT2D eigenvalue weighted by Crippen LogP contribution is 2.25. The number of nitrogens with one attached hydrogen (secondary N) is 1. The van der Waals surface area contributed by atoms with Crippen LogP contribution in [0.25, 0.3) is 0 Å². The largest absolute Gasteiger partial charge is 0.313 e. The van der Waals surface area contributed by atoms with E-state index in [0.717, 1.165) is 6.42 Å². The zero-order chi connectivity index (χ0) is 15.1. The lowest BCUT2D eigenvalue weighted by molar-refractivity contribution is 0.384. The number of benzene rings is 2. The maximum Gasteiger partial charge on any atom is 0.0343 e. The molecule has 112 valence electrons. The molecule has 1 heteroatoms. The lowest BCUT2D eigenvalue weighted by atomic mass is 9.90. The van der Waals surface area contributed by atoms with E-state index in [0.29, 0.717) is 12.0 Å². The van der Waals surface area contributed by atoms with Crippen molar-refractivity contribution in [2.45, 2.75) is 39.2 Å². The highest BCUT2D eigenvalue weighted by molar-refractivity contribution is 5.30. The van der Waals surface area contributed by atoms with E-state index >= 15 is 0 Å². The third-order valence-corrected chi connectivity index (χ3v) is 4.21. The first-order valence-corrected chi connectivity index (χ1v) is 8.04. The first-order valence-electron chi connectivity index (χ1n) is 8.04. The van der Waals surface area contributed by atoms with E-state index < -0.39 is 0 Å². The van der Waals surface area contributed by atoms with Crippen LogP contribution in [-0.4, -0.2) is 7.05 Å². The molecule has 1 N–H and O–H groups in total. The van der Waals surface area contributed by atoms with Gasteiger partial charge in [0.25, 0.3) is 0 Å². The van der Waals surface area contributed by atoms with Crippen LogP contribution in [0.3, 0.4) is 0 Å². The lowest BCUT2D eigenvalue weighted by Crippen LogP contribution is -2.23. The molecule has 2 atom stereocenters. The van der Waals surface area contributed by atoms with Crippen LogP contribution in [0.15, 0.2) is 54.6 Å². The normalized spacial score (nSPS) is 13.9. The fourth-order valence-corrected chi connectivity index (χ4v) is 3.08. The van der Waals surface area contributed by atoms with Crippen molar-refractivity contribution in [1.29, 1.82) is 0 Å². The van der Waals surface area contributed by atoms with Gasteiger partial charge in [0.1, 0.15) is 0 Å². The molecule has 2 rings (SSSR count). The predicted molar refractivity (Wildman–Crippen MR) is 91.6 cm³/mol. The van der Waals surface area contributed by atoms with E-state index in [1.54, 1.807) is 0 Å². The minimum Gasteiger partial charge on any atom is -0.313 e. The fourth-order valence-electron chi connectivity index (χ4n) is 3.08. The molecule has 1 nitrogen and oxygen atoms in total. The average Bonchev–Trinajstić information content (AvgIpc) is 2.51. The zero-order valence-electron chi connectivity index (χ0n) is 13.5. The zero-order valence-corrected chi connectivity index (χ0v) is 13.5. The van der Waals surface area contributed by atoms with E-state index in [1.165, 1.54) is 29.5 Å². The van der Waals surface area contributed by atoms with Gasteiger partial charge >= 0.3 is 0 Å². The van der Waals surface area contributed by atoms with E-state index in [1.807, 2.05) is 0 Å². The summed E-state index contributed by atoms with van der Waals surface area (Å²) < 4.78 is 0. The Morgan fingerprint density at radius 3 is 2.10 bits per heavy atom. The number of rotatable bonds is 7. The van der Waals surface area contributed by atoms with Crippen molar-refractivity contribution in [2.24, 2.45) is 5.92 Å². The number of hydrogen-bond acceptors (Lipinski definition) is 1. The molecule has 2 aromatic carbocycles. The molecule has 0 aromatic heterocycles. The molecule has 0 saturated carbocycles. The molecule has 0 saturated heterocycles. The molecule has 0 aliphatic carbocycles. The van der Waals surface area contributed by atoms with Gasteiger partial charge in [-0.1, -0.05) is 74.9 Å². The standard InChI is InChI=1S/C20H27N/c1-4-8-16(2)20(21-3)19-13-11-18(12-14-19)15-17-9-6-5-7-10-17/h5-7,9-14,16,20-21H,4,8,15H2,1-3H3. The van der Waals surface area contributed by atoms with Gasteiger partial charge in [-0.25, -0.2) is 0 Å². The van der Waals surface area contributed by atoms with Gasteiger partial charge in [-0.3, -0.25) is 0 Å². The van der Waals surface area contributed by atoms with Gasteiger partial charge in [0.2, 0.25) is 0 Å². The number of hydrogen-bond donors (Lipinski definition) is 1. The average molecular weight is 281 g/mol. The Kier molecular flexibility index (Phi) is 6.01. The van der Waals surface area contributed by atoms with Crippen molar-refractivity contribution in [1.82, 2.24) is 5.32 Å².